The van der Waals surface area contributed by atoms with Gasteiger partial charge in [-0.1, -0.05) is 10.1 Å². The van der Waals surface area contributed by atoms with E-state index in [1.165, 1.54) is 24.3 Å². The third-order valence-electron chi connectivity index (χ3n) is 7.44. The predicted molar refractivity (Wildman–Crippen MR) is 219 cm³/mol. The fourth-order valence-electron chi connectivity index (χ4n) is 4.64. The van der Waals surface area contributed by atoms with E-state index < -0.39 is 101 Å². The molecule has 346 valence electrons. The summed E-state index contributed by atoms with van der Waals surface area (Å²) in [4.78, 5) is 9.46. The third-order valence-corrected chi connectivity index (χ3v) is 13.3. The van der Waals surface area contributed by atoms with Crippen molar-refractivity contribution >= 4 is 116 Å². The Labute approximate surface area is 370 Å². The van der Waals surface area contributed by atoms with Crippen molar-refractivity contribution in [3.8, 4) is 5.75 Å². The van der Waals surface area contributed by atoms with Crippen LogP contribution in [-0.2, 0) is 71.8 Å². The highest BCUT2D eigenvalue weighted by Crippen LogP contribution is 2.41. The zero-order chi connectivity index (χ0) is 47.3. The van der Waals surface area contributed by atoms with Crippen LogP contribution >= 0.6 is 24.6 Å². The summed E-state index contributed by atoms with van der Waals surface area (Å²) >= 11 is 0.295. The third kappa shape index (κ3) is 15.0. The van der Waals surface area contributed by atoms with Gasteiger partial charge in [0.05, 0.1) is 51.6 Å². The smallest absolute Gasteiger partial charge is 0.296 e. The number of phenolic OH excluding ortho intramolecular Hbond substituents is 1. The van der Waals surface area contributed by atoms with E-state index >= 15 is 0 Å². The number of nitrogens with zero attached hydrogens (tertiary/aromatic N) is 6. The fourth-order valence-corrected chi connectivity index (χ4v) is 8.83. The van der Waals surface area contributed by atoms with Gasteiger partial charge in [0.15, 0.2) is 44.3 Å². The van der Waals surface area contributed by atoms with Crippen molar-refractivity contribution in [3.05, 3.63) is 66.7 Å². The number of sulfone groups is 2. The molecule has 4 rings (SSSR count). The van der Waals surface area contributed by atoms with Gasteiger partial charge in [-0.3, -0.25) is 22.3 Å². The van der Waals surface area contributed by atoms with Crippen molar-refractivity contribution in [3.63, 3.8) is 0 Å². The molecule has 0 radical (unpaired) electrons. The number of rotatable bonds is 23. The standard InChI is InChI=1S/C30H30N8O20S6/c1-17(39)32-24-15-27(30(64(50,51)52)16-25(24)36-33-18-2-4-19(5-3-18)61(43,44)10-8-53-59-57-55-41)38-37-26-14-23(21(31)13-28(26)40)35-34-22-7-6-20(12-29(22)63(47,48)49)62(45,46)11-9-54-60-58-56-42/h2-7,12-16,40-42H,8-11,31H2,1H3,(H,32,39)(H,47,48,49)(H,50,51,52)/b35-34+,36-33+,38-37+. The zero-order valence-corrected chi connectivity index (χ0v) is 36.6. The molecular weight excluding hydrogens is 985 g/mol. The van der Waals surface area contributed by atoms with Gasteiger partial charge in [0, 0.05) is 13.0 Å². The van der Waals surface area contributed by atoms with E-state index in [1.807, 2.05) is 0 Å². The van der Waals surface area contributed by atoms with Gasteiger partial charge in [-0.2, -0.15) is 21.9 Å². The molecule has 8 N–H and O–H groups in total. The Morgan fingerprint density at radius 3 is 1.69 bits per heavy atom. The summed E-state index contributed by atoms with van der Waals surface area (Å²) in [5.74, 6) is -2.56. The molecule has 0 aliphatic carbocycles. The van der Waals surface area contributed by atoms with E-state index in [4.69, 9.17) is 24.6 Å². The van der Waals surface area contributed by atoms with Gasteiger partial charge in [-0.05, 0) is 60.7 Å². The number of amides is 1. The summed E-state index contributed by atoms with van der Waals surface area (Å²) in [6.07, 6.45) is 0. The summed E-state index contributed by atoms with van der Waals surface area (Å²) < 4.78 is 137. The highest BCUT2D eigenvalue weighted by molar-refractivity contribution is 7.92. The number of nitrogen functional groups attached to an aromatic ring is 1. The van der Waals surface area contributed by atoms with Crippen molar-refractivity contribution < 1.29 is 90.3 Å². The van der Waals surface area contributed by atoms with Crippen LogP contribution in [0.2, 0.25) is 0 Å². The number of anilines is 2. The van der Waals surface area contributed by atoms with Crippen molar-refractivity contribution in [2.24, 2.45) is 30.7 Å². The van der Waals surface area contributed by atoms with Gasteiger partial charge in [0.2, 0.25) is 5.91 Å². The molecule has 0 saturated heterocycles. The van der Waals surface area contributed by atoms with Crippen molar-refractivity contribution in [2.45, 2.75) is 26.5 Å². The number of nitrogens with one attached hydrogen (secondary N) is 1. The van der Waals surface area contributed by atoms with Crippen LogP contribution in [0.1, 0.15) is 6.92 Å². The van der Waals surface area contributed by atoms with Crippen molar-refractivity contribution in [2.75, 3.05) is 35.8 Å². The lowest BCUT2D eigenvalue weighted by molar-refractivity contribution is -0.434. The van der Waals surface area contributed by atoms with Crippen LogP contribution in [0.4, 0.5) is 45.5 Å². The van der Waals surface area contributed by atoms with E-state index in [9.17, 15) is 52.7 Å². The number of carbonyl (C=O) groups is 1. The average Bonchev–Trinajstić information content (AvgIpc) is 3.21. The number of carbonyl (C=O) groups excluding carboxylic acids is 1. The summed E-state index contributed by atoms with van der Waals surface area (Å²) in [7, 11) is -18.4. The SMILES string of the molecule is CC(=O)Nc1cc(/N=N/c2cc(/N=N/c3ccc(S(=O)(=O)CCOSOOO)cc3S(=O)(=O)O)c(N)cc2O)c(S(=O)(=O)O)cc1/N=N/c1ccc(S(=O)(=O)CCOSOOO)cc1. The highest BCUT2D eigenvalue weighted by atomic mass is 32.2. The average molecular weight is 1020 g/mol. The first-order chi connectivity index (χ1) is 30.1. The molecule has 0 fully saturated rings. The maximum atomic E-state index is 12.7. The number of nitrogens with two attached hydrogens (primary N) is 1. The fraction of sp³-hybridized carbons (Fsp3) is 0.167. The van der Waals surface area contributed by atoms with E-state index in [2.05, 4.69) is 54.7 Å². The van der Waals surface area contributed by atoms with Gasteiger partial charge >= 0.3 is 0 Å². The molecule has 0 atom stereocenters. The first-order valence-electron chi connectivity index (χ1n) is 16.6. The van der Waals surface area contributed by atoms with Gasteiger partial charge in [0.1, 0.15) is 44.0 Å². The van der Waals surface area contributed by atoms with Gasteiger partial charge in [0.25, 0.3) is 20.2 Å². The monoisotopic (exact) mass is 1010 g/mol. The first-order valence-corrected chi connectivity index (χ1v) is 24.1. The Balaban J connectivity index is 1.66. The summed E-state index contributed by atoms with van der Waals surface area (Å²) in [5.41, 5.74) is 3.15. The molecule has 0 heterocycles. The number of benzene rings is 4. The van der Waals surface area contributed by atoms with Crippen LogP contribution in [0.25, 0.3) is 0 Å². The molecular formula is C30H30N8O20S6. The maximum absolute atomic E-state index is 12.7. The molecule has 0 bridgehead atoms. The van der Waals surface area contributed by atoms with Gasteiger partial charge < -0.3 is 16.2 Å². The Kier molecular flexibility index (Phi) is 18.2. The van der Waals surface area contributed by atoms with Gasteiger partial charge in [-0.15, -0.1) is 34.2 Å². The first kappa shape index (κ1) is 51.5. The molecule has 4 aromatic rings. The summed E-state index contributed by atoms with van der Waals surface area (Å²) in [6.45, 7) is 0.237. The molecule has 0 aliphatic heterocycles. The molecule has 0 aromatic heterocycles. The van der Waals surface area contributed by atoms with E-state index in [-0.39, 0.29) is 64.6 Å². The molecule has 0 saturated carbocycles. The molecule has 28 nitrogen and oxygen atoms in total. The minimum atomic E-state index is -5.15. The summed E-state index contributed by atoms with van der Waals surface area (Å²) in [6, 6.07) is 10.8. The number of azo groups is 3. The topological polar surface area (TPSA) is 422 Å². The molecule has 1 amide bonds. The lowest BCUT2D eigenvalue weighted by Crippen LogP contribution is -2.12. The zero-order valence-electron chi connectivity index (χ0n) is 31.7. The molecule has 64 heavy (non-hydrogen) atoms. The normalized spacial score (nSPS) is 12.8. The van der Waals surface area contributed by atoms with Crippen LogP contribution in [0.3, 0.4) is 0 Å². The van der Waals surface area contributed by atoms with Crippen LogP contribution in [-0.4, -0.2) is 89.0 Å². The number of hydrogen-bond donors (Lipinski definition) is 7. The quantitative estimate of drug-likeness (QED) is 0.00824. The molecule has 0 spiro atoms. The number of phenols is 1. The molecule has 0 unspecified atom stereocenters. The maximum Gasteiger partial charge on any atom is 0.296 e. The Bertz CT molecular complexity index is 2890. The second-order valence-electron chi connectivity index (χ2n) is 11.8. The minimum Gasteiger partial charge on any atom is -0.506 e. The highest BCUT2D eigenvalue weighted by Gasteiger charge is 2.24. The van der Waals surface area contributed by atoms with Gasteiger partial charge in [-0.25, -0.2) is 27.4 Å². The second-order valence-corrected chi connectivity index (χ2v) is 19.8. The lowest BCUT2D eigenvalue weighted by Gasteiger charge is -2.10. The van der Waals surface area contributed by atoms with E-state index in [1.54, 1.807) is 0 Å². The molecule has 34 heteroatoms. The number of aromatic hydroxyl groups is 1. The van der Waals surface area contributed by atoms with E-state index in [0.29, 0.717) is 6.07 Å². The molecule has 4 aromatic carbocycles. The Hall–Kier alpha value is -5.15. The summed E-state index contributed by atoms with van der Waals surface area (Å²) in [5, 5.41) is 58.7. The Morgan fingerprint density at radius 1 is 0.625 bits per heavy atom. The molecule has 0 aliphatic rings. The van der Waals surface area contributed by atoms with Crippen LogP contribution < -0.4 is 11.1 Å². The second kappa shape index (κ2) is 22.7. The predicted octanol–water partition coefficient (Wildman–Crippen LogP) is 6.22. The van der Waals surface area contributed by atoms with Crippen LogP contribution in [0.5, 0.6) is 5.75 Å². The van der Waals surface area contributed by atoms with E-state index in [0.717, 1.165) is 43.3 Å². The minimum absolute atomic E-state index is 0.0518. The van der Waals surface area contributed by atoms with Crippen LogP contribution in [0.15, 0.2) is 117 Å². The largest absolute Gasteiger partial charge is 0.506 e. The number of hydrogen-bond acceptors (Lipinski definition) is 27. The Morgan fingerprint density at radius 2 is 1.12 bits per heavy atom. The van der Waals surface area contributed by atoms with Crippen molar-refractivity contribution in [1.29, 1.82) is 0 Å². The lowest BCUT2D eigenvalue weighted by atomic mass is 10.2. The van der Waals surface area contributed by atoms with Crippen LogP contribution in [0, 0.1) is 0 Å². The van der Waals surface area contributed by atoms with Crippen molar-refractivity contribution in [1.82, 2.24) is 0 Å².